The number of carboxylic acid groups (broad SMARTS) is 1. The van der Waals surface area contributed by atoms with Crippen LogP contribution < -0.4 is 5.11 Å². The number of hydrogen-bond acceptors (Lipinski definition) is 3. The number of unbranched alkanes of at least 4 members (excludes halogenated alkanes) is 23. The van der Waals surface area contributed by atoms with Crippen LogP contribution in [0.2, 0.25) is 0 Å². The molecule has 0 saturated heterocycles. The van der Waals surface area contributed by atoms with Gasteiger partial charge in [-0.2, -0.15) is 0 Å². The van der Waals surface area contributed by atoms with E-state index in [-0.39, 0.29) is 5.78 Å². The normalized spacial score (nSPS) is 12.2. The van der Waals surface area contributed by atoms with Crippen molar-refractivity contribution in [3.63, 3.8) is 0 Å². The molecule has 0 aliphatic heterocycles. The molecule has 0 radical (unpaired) electrons. The Morgan fingerprint density at radius 1 is 0.457 bits per heavy atom. The largest absolute Gasteiger partial charge is 0.549 e. The summed E-state index contributed by atoms with van der Waals surface area (Å²) in [4.78, 5) is 23.9. The third-order valence-corrected chi connectivity index (χ3v) is 7.55. The molecule has 0 bridgehead atoms. The lowest BCUT2D eigenvalue weighted by atomic mass is 9.93. The molecule has 3 nitrogen and oxygen atoms in total. The van der Waals surface area contributed by atoms with Crippen molar-refractivity contribution in [1.82, 2.24) is 0 Å². The maximum absolute atomic E-state index is 12.4. The van der Waals surface area contributed by atoms with Crippen molar-refractivity contribution < 1.29 is 14.7 Å². The molecule has 0 aliphatic carbocycles. The Balaban J connectivity index is 3.57. The smallest absolute Gasteiger partial charge is 0.141 e. The number of carbonyl (C=O) groups excluding carboxylic acids is 2. The van der Waals surface area contributed by atoms with Crippen molar-refractivity contribution in [2.75, 3.05) is 0 Å². The van der Waals surface area contributed by atoms with Crippen LogP contribution in [0.4, 0.5) is 0 Å². The maximum atomic E-state index is 12.4. The first-order valence-electron chi connectivity index (χ1n) is 15.9. The third kappa shape index (κ3) is 24.6. The summed E-state index contributed by atoms with van der Waals surface area (Å²) in [5.74, 6) is -2.14. The van der Waals surface area contributed by atoms with Gasteiger partial charge in [0.25, 0.3) is 0 Å². The Morgan fingerprint density at radius 2 is 0.743 bits per heavy atom. The Hall–Kier alpha value is -0.860. The van der Waals surface area contributed by atoms with Crippen molar-refractivity contribution in [1.29, 1.82) is 0 Å². The van der Waals surface area contributed by atoms with E-state index in [1.54, 1.807) is 0 Å². The second-order valence-electron chi connectivity index (χ2n) is 11.0. The Morgan fingerprint density at radius 3 is 1.06 bits per heavy atom. The number of hydrogen-bond donors (Lipinski definition) is 0. The molecular formula is C32H61O3-. The monoisotopic (exact) mass is 493 g/mol. The fourth-order valence-electron chi connectivity index (χ4n) is 5.09. The predicted octanol–water partition coefficient (Wildman–Crippen LogP) is 9.49. The molecule has 0 fully saturated rings. The average molecular weight is 494 g/mol. The minimum atomic E-state index is -1.16. The highest BCUT2D eigenvalue weighted by Crippen LogP contribution is 2.18. The fourth-order valence-corrected chi connectivity index (χ4v) is 5.09. The summed E-state index contributed by atoms with van der Waals surface area (Å²) in [5, 5.41) is 11.5. The molecule has 0 N–H and O–H groups in total. The average Bonchev–Trinajstić information content (AvgIpc) is 2.84. The summed E-state index contributed by atoms with van der Waals surface area (Å²) in [7, 11) is 0. The molecule has 0 aromatic rings. The van der Waals surface area contributed by atoms with Crippen LogP contribution >= 0.6 is 0 Å². The van der Waals surface area contributed by atoms with Gasteiger partial charge in [-0.05, 0) is 12.8 Å². The van der Waals surface area contributed by atoms with Gasteiger partial charge in [0.15, 0.2) is 0 Å². The number of carboxylic acids is 1. The van der Waals surface area contributed by atoms with Crippen LogP contribution in [0.3, 0.4) is 0 Å². The van der Waals surface area contributed by atoms with Crippen molar-refractivity contribution in [3.8, 4) is 0 Å². The van der Waals surface area contributed by atoms with Crippen molar-refractivity contribution in [2.24, 2.45) is 5.92 Å². The van der Waals surface area contributed by atoms with Gasteiger partial charge in [0.1, 0.15) is 5.78 Å². The summed E-state index contributed by atoms with van der Waals surface area (Å²) < 4.78 is 0. The van der Waals surface area contributed by atoms with E-state index >= 15 is 0 Å². The van der Waals surface area contributed by atoms with Crippen LogP contribution in [-0.2, 0) is 9.59 Å². The quantitative estimate of drug-likeness (QED) is 0.0769. The summed E-state index contributed by atoms with van der Waals surface area (Å²) in [5.41, 5.74) is 0. The summed E-state index contributed by atoms with van der Waals surface area (Å²) in [6.45, 7) is 4.52. The highest BCUT2D eigenvalue weighted by atomic mass is 16.4. The molecule has 0 amide bonds. The zero-order valence-corrected chi connectivity index (χ0v) is 23.9. The van der Waals surface area contributed by atoms with E-state index < -0.39 is 11.9 Å². The Labute approximate surface area is 219 Å². The molecule has 0 aromatic carbocycles. The van der Waals surface area contributed by atoms with E-state index in [0.29, 0.717) is 12.8 Å². The zero-order chi connectivity index (χ0) is 25.8. The van der Waals surface area contributed by atoms with Crippen LogP contribution in [0.5, 0.6) is 0 Å². The molecule has 1 unspecified atom stereocenters. The second kappa shape index (κ2) is 27.7. The number of Topliss-reactive ketones (excluding diaryl/α,β-unsaturated/α-hetero) is 1. The van der Waals surface area contributed by atoms with Crippen LogP contribution in [0.1, 0.15) is 187 Å². The van der Waals surface area contributed by atoms with Gasteiger partial charge in [0.2, 0.25) is 0 Å². The molecular weight excluding hydrogens is 432 g/mol. The Bertz CT molecular complexity index is 460. The topological polar surface area (TPSA) is 57.2 Å². The summed E-state index contributed by atoms with van der Waals surface area (Å²) in [6.07, 6.45) is 32.4. The minimum absolute atomic E-state index is 0.101. The van der Waals surface area contributed by atoms with Gasteiger partial charge < -0.3 is 9.90 Å². The van der Waals surface area contributed by atoms with Crippen molar-refractivity contribution >= 4 is 11.8 Å². The maximum Gasteiger partial charge on any atom is 0.141 e. The lowest BCUT2D eigenvalue weighted by molar-refractivity contribution is -0.310. The first-order valence-corrected chi connectivity index (χ1v) is 15.9. The lowest BCUT2D eigenvalue weighted by Crippen LogP contribution is -2.36. The zero-order valence-electron chi connectivity index (χ0n) is 23.9. The molecule has 0 heterocycles. The molecule has 0 spiro atoms. The molecule has 0 aliphatic rings. The molecule has 35 heavy (non-hydrogen) atoms. The standard InChI is InChI=1S/C32H62O3/c1-3-5-7-9-11-13-15-17-19-21-23-25-27-29-31(33)30(32(34)35)28-26-24-22-20-18-16-14-12-10-8-6-4-2/h30H,3-29H2,1-2H3,(H,34,35)/p-1. The van der Waals surface area contributed by atoms with Gasteiger partial charge in [-0.25, -0.2) is 0 Å². The SMILES string of the molecule is CCCCCCCCCCCCCCCC(=O)C(CCCCCCCCCCCCCC)C(=O)[O-]. The molecule has 0 aromatic heterocycles. The van der Waals surface area contributed by atoms with Gasteiger partial charge >= 0.3 is 0 Å². The fraction of sp³-hybridized carbons (Fsp3) is 0.938. The van der Waals surface area contributed by atoms with Crippen LogP contribution in [0.25, 0.3) is 0 Å². The van der Waals surface area contributed by atoms with E-state index in [1.807, 2.05) is 0 Å². The number of ketones is 1. The highest BCUT2D eigenvalue weighted by molar-refractivity contribution is 5.97. The van der Waals surface area contributed by atoms with Gasteiger partial charge in [0, 0.05) is 6.42 Å². The van der Waals surface area contributed by atoms with Crippen molar-refractivity contribution in [3.05, 3.63) is 0 Å². The van der Waals surface area contributed by atoms with E-state index in [4.69, 9.17) is 0 Å². The summed E-state index contributed by atoms with van der Waals surface area (Å²) in [6, 6.07) is 0. The van der Waals surface area contributed by atoms with E-state index in [9.17, 15) is 14.7 Å². The number of aliphatic carboxylic acids is 1. The van der Waals surface area contributed by atoms with Crippen LogP contribution in [-0.4, -0.2) is 11.8 Å². The third-order valence-electron chi connectivity index (χ3n) is 7.55. The second-order valence-corrected chi connectivity index (χ2v) is 11.0. The number of carbonyl (C=O) groups is 2. The highest BCUT2D eigenvalue weighted by Gasteiger charge is 2.18. The molecule has 0 saturated carbocycles. The van der Waals surface area contributed by atoms with Gasteiger partial charge in [-0.15, -0.1) is 0 Å². The van der Waals surface area contributed by atoms with E-state index in [2.05, 4.69) is 13.8 Å². The van der Waals surface area contributed by atoms with Crippen LogP contribution in [0, 0.1) is 5.92 Å². The van der Waals surface area contributed by atoms with E-state index in [0.717, 1.165) is 32.1 Å². The first-order chi connectivity index (χ1) is 17.1. The minimum Gasteiger partial charge on any atom is -0.549 e. The predicted molar refractivity (Wildman–Crippen MR) is 150 cm³/mol. The van der Waals surface area contributed by atoms with Gasteiger partial charge in [-0.3, -0.25) is 4.79 Å². The molecule has 0 rings (SSSR count). The molecule has 3 heteroatoms. The Kier molecular flexibility index (Phi) is 27.0. The van der Waals surface area contributed by atoms with E-state index in [1.165, 1.54) is 128 Å². The van der Waals surface area contributed by atoms with Crippen molar-refractivity contribution in [2.45, 2.75) is 187 Å². The summed E-state index contributed by atoms with van der Waals surface area (Å²) >= 11 is 0. The van der Waals surface area contributed by atoms with Crippen LogP contribution in [0.15, 0.2) is 0 Å². The van der Waals surface area contributed by atoms with Gasteiger partial charge in [-0.1, -0.05) is 168 Å². The molecule has 1 atom stereocenters. The first kappa shape index (κ1) is 34.1. The number of rotatable bonds is 29. The molecule has 208 valence electrons. The van der Waals surface area contributed by atoms with Gasteiger partial charge in [0.05, 0.1) is 11.9 Å². The lowest BCUT2D eigenvalue weighted by Gasteiger charge is -2.16.